The summed E-state index contributed by atoms with van der Waals surface area (Å²) in [5.41, 5.74) is 3.11. The molecule has 0 bridgehead atoms. The smallest absolute Gasteiger partial charge is 0.238 e. The summed E-state index contributed by atoms with van der Waals surface area (Å²) in [6.45, 7) is 2.64. The summed E-state index contributed by atoms with van der Waals surface area (Å²) in [4.78, 5) is 2.38. The van der Waals surface area contributed by atoms with Gasteiger partial charge in [-0.05, 0) is 36.2 Å². The number of hydrogen-bond donors (Lipinski definition) is 1. The molecule has 0 amide bonds. The zero-order valence-corrected chi connectivity index (χ0v) is 13.9. The number of nitrogens with two attached hydrogens (primary N) is 1. The molecule has 0 unspecified atom stereocenters. The minimum atomic E-state index is -3.67. The van der Waals surface area contributed by atoms with Gasteiger partial charge in [-0.3, -0.25) is 0 Å². The Labute approximate surface area is 140 Å². The fourth-order valence-electron chi connectivity index (χ4n) is 3.25. The highest BCUT2D eigenvalue weighted by molar-refractivity contribution is 7.89. The van der Waals surface area contributed by atoms with E-state index in [4.69, 9.17) is 14.6 Å². The first kappa shape index (κ1) is 15.3. The van der Waals surface area contributed by atoms with Gasteiger partial charge in [0.05, 0.1) is 4.90 Å². The number of hydrogen-bond acceptors (Lipinski definition) is 5. The van der Waals surface area contributed by atoms with E-state index in [1.807, 2.05) is 24.3 Å². The van der Waals surface area contributed by atoms with Crippen LogP contribution in [0.4, 0.5) is 5.69 Å². The Morgan fingerprint density at radius 1 is 1.12 bits per heavy atom. The van der Waals surface area contributed by atoms with Gasteiger partial charge in [0.15, 0.2) is 11.5 Å². The van der Waals surface area contributed by atoms with Gasteiger partial charge in [-0.2, -0.15) is 0 Å². The average molecular weight is 346 g/mol. The van der Waals surface area contributed by atoms with Crippen molar-refractivity contribution >= 4 is 15.7 Å². The van der Waals surface area contributed by atoms with Crippen molar-refractivity contribution in [3.8, 4) is 11.5 Å². The van der Waals surface area contributed by atoms with Gasteiger partial charge in [0, 0.05) is 24.3 Å². The summed E-state index contributed by atoms with van der Waals surface area (Å²) in [5.74, 6) is 1.58. The summed E-state index contributed by atoms with van der Waals surface area (Å²) in [5, 5.41) is 5.21. The first-order chi connectivity index (χ1) is 11.5. The lowest BCUT2D eigenvalue weighted by molar-refractivity contribution is 0.170. The minimum Gasteiger partial charge on any atom is -0.486 e. The molecule has 0 saturated heterocycles. The lowest BCUT2D eigenvalue weighted by Crippen LogP contribution is -2.22. The fraction of sp³-hybridized carbons (Fsp3) is 0.294. The lowest BCUT2D eigenvalue weighted by atomic mass is 10.1. The fourth-order valence-corrected chi connectivity index (χ4v) is 3.82. The molecule has 4 rings (SSSR count). The third-order valence-electron chi connectivity index (χ3n) is 4.38. The van der Waals surface area contributed by atoms with Gasteiger partial charge in [0.25, 0.3) is 0 Å². The average Bonchev–Trinajstić information content (AvgIpc) is 2.97. The highest BCUT2D eigenvalue weighted by Crippen LogP contribution is 2.37. The van der Waals surface area contributed by atoms with Crippen molar-refractivity contribution in [3.05, 3.63) is 47.5 Å². The molecule has 24 heavy (non-hydrogen) atoms. The molecule has 0 saturated carbocycles. The third kappa shape index (κ3) is 2.70. The van der Waals surface area contributed by atoms with Crippen LogP contribution in [0.1, 0.15) is 11.1 Å². The maximum absolute atomic E-state index is 11.5. The van der Waals surface area contributed by atoms with E-state index in [0.29, 0.717) is 19.8 Å². The third-order valence-corrected chi connectivity index (χ3v) is 5.29. The zero-order valence-electron chi connectivity index (χ0n) is 13.1. The Hall–Kier alpha value is -2.25. The van der Waals surface area contributed by atoms with Gasteiger partial charge >= 0.3 is 0 Å². The predicted octanol–water partition coefficient (Wildman–Crippen LogP) is 1.67. The molecule has 2 aromatic carbocycles. The number of anilines is 1. The number of ether oxygens (including phenoxy) is 2. The van der Waals surface area contributed by atoms with Crippen molar-refractivity contribution in [3.63, 3.8) is 0 Å². The van der Waals surface area contributed by atoms with Crippen molar-refractivity contribution in [2.75, 3.05) is 24.7 Å². The number of nitrogens with zero attached hydrogens (tertiary/aromatic N) is 1. The molecule has 6 nitrogen and oxygen atoms in total. The van der Waals surface area contributed by atoms with Crippen molar-refractivity contribution in [1.82, 2.24) is 0 Å². The Kier molecular flexibility index (Phi) is 3.62. The molecule has 2 aliphatic heterocycles. The predicted molar refractivity (Wildman–Crippen MR) is 90.0 cm³/mol. The summed E-state index contributed by atoms with van der Waals surface area (Å²) in [7, 11) is -3.67. The van der Waals surface area contributed by atoms with Crippen LogP contribution in [0.5, 0.6) is 11.5 Å². The highest BCUT2D eigenvalue weighted by Gasteiger charge is 2.24. The van der Waals surface area contributed by atoms with E-state index in [2.05, 4.69) is 4.90 Å². The van der Waals surface area contributed by atoms with Gasteiger partial charge in [0.1, 0.15) is 13.2 Å². The van der Waals surface area contributed by atoms with Crippen LogP contribution in [0.2, 0.25) is 0 Å². The second kappa shape index (κ2) is 5.68. The van der Waals surface area contributed by atoms with Crippen LogP contribution in [-0.2, 0) is 23.0 Å². The number of benzene rings is 2. The topological polar surface area (TPSA) is 81.9 Å². The maximum atomic E-state index is 11.5. The van der Waals surface area contributed by atoms with E-state index in [9.17, 15) is 8.42 Å². The summed E-state index contributed by atoms with van der Waals surface area (Å²) < 4.78 is 34.4. The molecule has 0 aliphatic carbocycles. The van der Waals surface area contributed by atoms with E-state index < -0.39 is 10.0 Å². The second-order valence-corrected chi connectivity index (χ2v) is 7.51. The van der Waals surface area contributed by atoms with E-state index >= 15 is 0 Å². The van der Waals surface area contributed by atoms with Crippen molar-refractivity contribution < 1.29 is 17.9 Å². The number of rotatable bonds is 3. The van der Waals surface area contributed by atoms with E-state index in [0.717, 1.165) is 41.3 Å². The number of fused-ring (bicyclic) bond motifs is 2. The lowest BCUT2D eigenvalue weighted by Gasteiger charge is -2.25. The maximum Gasteiger partial charge on any atom is 0.238 e. The molecule has 0 aromatic heterocycles. The minimum absolute atomic E-state index is 0.164. The summed E-state index contributed by atoms with van der Waals surface area (Å²) in [6.07, 6.45) is 0.797. The quantitative estimate of drug-likeness (QED) is 0.914. The standard InChI is InChI=1S/C17H18N2O4S/c18-24(20,21)14-4-5-15-12(10-14)6-7-19(15)11-13-2-1-3-16-17(13)23-9-8-22-16/h1-5,10H,6-9,11H2,(H2,18,20,21). The largest absolute Gasteiger partial charge is 0.486 e. The van der Waals surface area contributed by atoms with Crippen LogP contribution < -0.4 is 19.5 Å². The molecule has 2 heterocycles. The van der Waals surface area contributed by atoms with Crippen LogP contribution in [-0.4, -0.2) is 28.2 Å². The van der Waals surface area contributed by atoms with Crippen LogP contribution in [0.3, 0.4) is 0 Å². The van der Waals surface area contributed by atoms with Gasteiger partial charge in [0.2, 0.25) is 10.0 Å². The van der Waals surface area contributed by atoms with Gasteiger partial charge < -0.3 is 14.4 Å². The van der Waals surface area contributed by atoms with Crippen molar-refractivity contribution in [1.29, 1.82) is 0 Å². The molecule has 0 fully saturated rings. The molecule has 126 valence electrons. The first-order valence-electron chi connectivity index (χ1n) is 7.80. The number of sulfonamides is 1. The Morgan fingerprint density at radius 2 is 1.96 bits per heavy atom. The molecular formula is C17H18N2O4S. The molecule has 0 radical (unpaired) electrons. The molecular weight excluding hydrogens is 328 g/mol. The monoisotopic (exact) mass is 346 g/mol. The normalized spacial score (nSPS) is 16.1. The van der Waals surface area contributed by atoms with Crippen molar-refractivity contribution in [2.45, 2.75) is 17.9 Å². The van der Waals surface area contributed by atoms with E-state index in [-0.39, 0.29) is 4.90 Å². The van der Waals surface area contributed by atoms with E-state index in [1.54, 1.807) is 12.1 Å². The van der Waals surface area contributed by atoms with Crippen LogP contribution in [0.15, 0.2) is 41.3 Å². The SMILES string of the molecule is NS(=O)(=O)c1ccc2c(c1)CCN2Cc1cccc2c1OCCO2. The van der Waals surface area contributed by atoms with Gasteiger partial charge in [-0.25, -0.2) is 13.6 Å². The zero-order chi connectivity index (χ0) is 16.7. The second-order valence-electron chi connectivity index (χ2n) is 5.95. The van der Waals surface area contributed by atoms with Gasteiger partial charge in [-0.15, -0.1) is 0 Å². The Morgan fingerprint density at radius 3 is 2.79 bits per heavy atom. The van der Waals surface area contributed by atoms with Crippen LogP contribution in [0.25, 0.3) is 0 Å². The number of para-hydroxylation sites is 1. The van der Waals surface area contributed by atoms with E-state index in [1.165, 1.54) is 0 Å². The molecule has 0 atom stereocenters. The molecule has 2 N–H and O–H groups in total. The summed E-state index contributed by atoms with van der Waals surface area (Å²) in [6, 6.07) is 11.0. The van der Waals surface area contributed by atoms with Crippen molar-refractivity contribution in [2.24, 2.45) is 5.14 Å². The van der Waals surface area contributed by atoms with Gasteiger partial charge in [-0.1, -0.05) is 12.1 Å². The first-order valence-corrected chi connectivity index (χ1v) is 9.35. The number of primary sulfonamides is 1. The van der Waals surface area contributed by atoms with Crippen LogP contribution in [0, 0.1) is 0 Å². The molecule has 2 aromatic rings. The molecule has 7 heteroatoms. The molecule has 2 aliphatic rings. The Bertz CT molecular complexity index is 895. The highest BCUT2D eigenvalue weighted by atomic mass is 32.2. The molecule has 0 spiro atoms. The summed E-state index contributed by atoms with van der Waals surface area (Å²) >= 11 is 0. The van der Waals surface area contributed by atoms with Crippen LogP contribution >= 0.6 is 0 Å². The Balaban J connectivity index is 1.63.